The highest BCUT2D eigenvalue weighted by Crippen LogP contribution is 2.33. The number of anilines is 1. The van der Waals surface area contributed by atoms with Crippen LogP contribution in [-0.4, -0.2) is 42.0 Å². The van der Waals surface area contributed by atoms with E-state index in [-0.39, 0.29) is 22.6 Å². The van der Waals surface area contributed by atoms with Gasteiger partial charge in [0.1, 0.15) is 5.69 Å². The average molecular weight is 381 g/mol. The number of hydrogen-bond donors (Lipinski definition) is 0. The minimum Gasteiger partial charge on any atom is -0.378 e. The first kappa shape index (κ1) is 18.8. The zero-order chi connectivity index (χ0) is 19.6. The molecule has 142 valence electrons. The normalized spacial score (nSPS) is 14.9. The van der Waals surface area contributed by atoms with Crippen molar-refractivity contribution in [2.75, 3.05) is 31.2 Å². The molecular formula is C17H14F3N3O4. The number of hydrogen-bond acceptors (Lipinski definition) is 6. The molecule has 1 aliphatic heterocycles. The maximum absolute atomic E-state index is 13.1. The van der Waals surface area contributed by atoms with E-state index in [2.05, 4.69) is 4.98 Å². The number of ether oxygens (including phenoxy) is 1. The Labute approximate surface area is 151 Å². The number of carbonyl (C=O) groups is 1. The smallest absolute Gasteiger partial charge is 0.378 e. The van der Waals surface area contributed by atoms with Crippen molar-refractivity contribution in [3.63, 3.8) is 0 Å². The van der Waals surface area contributed by atoms with Gasteiger partial charge < -0.3 is 9.64 Å². The molecule has 0 radical (unpaired) electrons. The summed E-state index contributed by atoms with van der Waals surface area (Å²) in [5.74, 6) is -0.611. The molecule has 0 spiro atoms. The monoisotopic (exact) mass is 381 g/mol. The van der Waals surface area contributed by atoms with Gasteiger partial charge in [-0.15, -0.1) is 0 Å². The summed E-state index contributed by atoms with van der Waals surface area (Å²) >= 11 is 0. The molecule has 0 amide bonds. The lowest BCUT2D eigenvalue weighted by atomic mass is 10.0. The minimum absolute atomic E-state index is 0.0662. The first-order chi connectivity index (χ1) is 12.8. The van der Waals surface area contributed by atoms with Crippen molar-refractivity contribution >= 4 is 17.2 Å². The second kappa shape index (κ2) is 7.31. The van der Waals surface area contributed by atoms with Gasteiger partial charge in [0.15, 0.2) is 0 Å². The van der Waals surface area contributed by atoms with Crippen LogP contribution in [0.4, 0.5) is 24.5 Å². The van der Waals surface area contributed by atoms with E-state index in [1.54, 1.807) is 4.90 Å². The Kier molecular flexibility index (Phi) is 5.08. The molecule has 0 unspecified atom stereocenters. The van der Waals surface area contributed by atoms with E-state index in [1.807, 2.05) is 0 Å². The third-order valence-corrected chi connectivity index (χ3v) is 4.10. The van der Waals surface area contributed by atoms with Gasteiger partial charge in [0.25, 0.3) is 5.69 Å². The molecule has 10 heteroatoms. The number of aromatic nitrogens is 1. The average Bonchev–Trinajstić information content (AvgIpc) is 2.67. The zero-order valence-corrected chi connectivity index (χ0v) is 13.9. The van der Waals surface area contributed by atoms with Gasteiger partial charge in [-0.1, -0.05) is 0 Å². The predicted octanol–water partition coefficient (Wildman–Crippen LogP) is 3.08. The van der Waals surface area contributed by atoms with Crippen LogP contribution in [0.5, 0.6) is 0 Å². The quantitative estimate of drug-likeness (QED) is 0.460. The van der Waals surface area contributed by atoms with Crippen LogP contribution in [0.3, 0.4) is 0 Å². The number of halogens is 3. The SMILES string of the molecule is O=C(c1ccc([N+](=O)[O-])cc1)c1ncc(C(F)(F)F)cc1N1CCOCC1. The van der Waals surface area contributed by atoms with Crippen molar-refractivity contribution in [2.24, 2.45) is 0 Å². The summed E-state index contributed by atoms with van der Waals surface area (Å²) in [6, 6.07) is 5.72. The Hall–Kier alpha value is -3.01. The molecule has 7 nitrogen and oxygen atoms in total. The minimum atomic E-state index is -4.59. The zero-order valence-electron chi connectivity index (χ0n) is 13.9. The van der Waals surface area contributed by atoms with E-state index in [9.17, 15) is 28.1 Å². The van der Waals surface area contributed by atoms with Gasteiger partial charge in [-0.05, 0) is 18.2 Å². The highest BCUT2D eigenvalue weighted by Gasteiger charge is 2.33. The second-order valence-electron chi connectivity index (χ2n) is 5.82. The van der Waals surface area contributed by atoms with Crippen LogP contribution >= 0.6 is 0 Å². The molecule has 2 aromatic rings. The number of nitro benzene ring substituents is 1. The van der Waals surface area contributed by atoms with E-state index in [4.69, 9.17) is 4.74 Å². The molecule has 1 aliphatic rings. The Morgan fingerprint density at radius 3 is 2.37 bits per heavy atom. The van der Waals surface area contributed by atoms with E-state index in [1.165, 1.54) is 12.1 Å². The predicted molar refractivity (Wildman–Crippen MR) is 88.8 cm³/mol. The number of carbonyl (C=O) groups excluding carboxylic acids is 1. The Morgan fingerprint density at radius 2 is 1.81 bits per heavy atom. The molecule has 1 fully saturated rings. The largest absolute Gasteiger partial charge is 0.417 e. The van der Waals surface area contributed by atoms with Crippen LogP contribution in [0.25, 0.3) is 0 Å². The van der Waals surface area contributed by atoms with Gasteiger partial charge in [-0.2, -0.15) is 13.2 Å². The lowest BCUT2D eigenvalue weighted by Crippen LogP contribution is -2.37. The van der Waals surface area contributed by atoms with Crippen molar-refractivity contribution in [1.29, 1.82) is 0 Å². The Morgan fingerprint density at radius 1 is 1.19 bits per heavy atom. The summed E-state index contributed by atoms with van der Waals surface area (Å²) in [7, 11) is 0. The third-order valence-electron chi connectivity index (χ3n) is 4.10. The summed E-state index contributed by atoms with van der Waals surface area (Å²) < 4.78 is 44.4. The summed E-state index contributed by atoms with van der Waals surface area (Å²) in [4.78, 5) is 28.3. The molecule has 0 saturated carbocycles. The van der Waals surface area contributed by atoms with Gasteiger partial charge in [0, 0.05) is 37.0 Å². The van der Waals surface area contributed by atoms with Crippen LogP contribution in [0.2, 0.25) is 0 Å². The first-order valence-electron chi connectivity index (χ1n) is 7.96. The highest BCUT2D eigenvalue weighted by molar-refractivity contribution is 6.11. The highest BCUT2D eigenvalue weighted by atomic mass is 19.4. The number of alkyl halides is 3. The van der Waals surface area contributed by atoms with Crippen molar-refractivity contribution < 1.29 is 27.6 Å². The van der Waals surface area contributed by atoms with Crippen molar-refractivity contribution in [3.8, 4) is 0 Å². The third kappa shape index (κ3) is 4.05. The molecule has 1 aromatic carbocycles. The standard InChI is InChI=1S/C17H14F3N3O4/c18-17(19,20)12-9-14(22-5-7-27-8-6-22)15(21-10-12)16(24)11-1-3-13(4-2-11)23(25)26/h1-4,9-10H,5-8H2. The van der Waals surface area contributed by atoms with Gasteiger partial charge in [-0.25, -0.2) is 4.98 Å². The summed E-state index contributed by atoms with van der Waals surface area (Å²) in [5.41, 5.74) is -1.12. The number of nitro groups is 1. The molecule has 3 rings (SSSR count). The van der Waals surface area contributed by atoms with E-state index in [0.717, 1.165) is 18.2 Å². The number of pyridine rings is 1. The number of non-ortho nitro benzene ring substituents is 1. The van der Waals surface area contributed by atoms with E-state index in [0.29, 0.717) is 32.5 Å². The Bertz CT molecular complexity index is 863. The maximum Gasteiger partial charge on any atom is 0.417 e. The van der Waals surface area contributed by atoms with Gasteiger partial charge >= 0.3 is 6.18 Å². The van der Waals surface area contributed by atoms with E-state index < -0.39 is 22.4 Å². The summed E-state index contributed by atoms with van der Waals surface area (Å²) in [6.07, 6.45) is -3.98. The lowest BCUT2D eigenvalue weighted by Gasteiger charge is -2.30. The molecule has 1 saturated heterocycles. The van der Waals surface area contributed by atoms with Gasteiger partial charge in [0.2, 0.25) is 5.78 Å². The van der Waals surface area contributed by atoms with Crippen LogP contribution < -0.4 is 4.90 Å². The van der Waals surface area contributed by atoms with Crippen LogP contribution in [-0.2, 0) is 10.9 Å². The Balaban J connectivity index is 2.02. The molecule has 2 heterocycles. The fraction of sp³-hybridized carbons (Fsp3) is 0.294. The second-order valence-corrected chi connectivity index (χ2v) is 5.82. The van der Waals surface area contributed by atoms with Crippen molar-refractivity contribution in [1.82, 2.24) is 4.98 Å². The molecule has 1 aromatic heterocycles. The molecule has 0 bridgehead atoms. The number of benzene rings is 1. The molecule has 0 aliphatic carbocycles. The van der Waals surface area contributed by atoms with Gasteiger partial charge in [-0.3, -0.25) is 14.9 Å². The van der Waals surface area contributed by atoms with Crippen molar-refractivity contribution in [3.05, 3.63) is 63.5 Å². The molecular weight excluding hydrogens is 367 g/mol. The van der Waals surface area contributed by atoms with Crippen LogP contribution in [0, 0.1) is 10.1 Å². The number of morpholine rings is 1. The summed E-state index contributed by atoms with van der Waals surface area (Å²) in [5, 5.41) is 10.7. The lowest BCUT2D eigenvalue weighted by molar-refractivity contribution is -0.384. The first-order valence-corrected chi connectivity index (χ1v) is 7.96. The fourth-order valence-electron chi connectivity index (χ4n) is 2.70. The van der Waals surface area contributed by atoms with Crippen LogP contribution in [0.1, 0.15) is 21.6 Å². The topological polar surface area (TPSA) is 85.6 Å². The number of rotatable bonds is 4. The number of nitrogens with zero attached hydrogens (tertiary/aromatic N) is 3. The maximum atomic E-state index is 13.1. The molecule has 27 heavy (non-hydrogen) atoms. The summed E-state index contributed by atoms with van der Waals surface area (Å²) in [6.45, 7) is 1.29. The fourth-order valence-corrected chi connectivity index (χ4v) is 2.70. The molecule has 0 N–H and O–H groups in total. The van der Waals surface area contributed by atoms with Crippen molar-refractivity contribution in [2.45, 2.75) is 6.18 Å². The van der Waals surface area contributed by atoms with E-state index >= 15 is 0 Å². The van der Waals surface area contributed by atoms with Gasteiger partial charge in [0.05, 0.1) is 29.4 Å². The molecule has 0 atom stereocenters. The number of ketones is 1. The van der Waals surface area contributed by atoms with Crippen LogP contribution in [0.15, 0.2) is 36.5 Å².